The van der Waals surface area contributed by atoms with Crippen LogP contribution in [0.25, 0.3) is 0 Å². The smallest absolute Gasteiger partial charge is 0.324 e. The quantitative estimate of drug-likeness (QED) is 0.774. The summed E-state index contributed by atoms with van der Waals surface area (Å²) in [5.74, 6) is 0. The van der Waals surface area contributed by atoms with Crippen LogP contribution in [-0.2, 0) is 16.2 Å². The van der Waals surface area contributed by atoms with Crippen molar-refractivity contribution >= 4 is 34.0 Å². The summed E-state index contributed by atoms with van der Waals surface area (Å²) in [7, 11) is -4.35. The molecule has 0 bridgehead atoms. The van der Waals surface area contributed by atoms with Gasteiger partial charge < -0.3 is 5.73 Å². The molecule has 0 heterocycles. The van der Waals surface area contributed by atoms with E-state index in [1.54, 1.807) is 13.8 Å². The van der Waals surface area contributed by atoms with Gasteiger partial charge in [-0.3, -0.25) is 0 Å². The van der Waals surface area contributed by atoms with Crippen LogP contribution >= 0.6 is 24.0 Å². The third-order valence-electron chi connectivity index (χ3n) is 3.56. The van der Waals surface area contributed by atoms with Crippen LogP contribution in [0.15, 0.2) is 23.1 Å². The molecule has 134 valence electrons. The van der Waals surface area contributed by atoms with Crippen molar-refractivity contribution in [3.05, 3.63) is 28.8 Å². The van der Waals surface area contributed by atoms with E-state index in [1.165, 1.54) is 0 Å². The van der Waals surface area contributed by atoms with Crippen molar-refractivity contribution in [2.75, 3.05) is 6.54 Å². The lowest BCUT2D eigenvalue weighted by atomic mass is 9.95. The van der Waals surface area contributed by atoms with Crippen molar-refractivity contribution < 1.29 is 21.6 Å². The monoisotopic (exact) mass is 394 g/mol. The van der Waals surface area contributed by atoms with Gasteiger partial charge in [-0.15, -0.1) is 12.4 Å². The van der Waals surface area contributed by atoms with Gasteiger partial charge in [0.2, 0.25) is 10.0 Å². The lowest BCUT2D eigenvalue weighted by Gasteiger charge is -2.27. The number of benzene rings is 1. The highest BCUT2D eigenvalue weighted by Gasteiger charge is 2.37. The largest absolute Gasteiger partial charge is 0.417 e. The van der Waals surface area contributed by atoms with E-state index in [0.717, 1.165) is 12.1 Å². The highest BCUT2D eigenvalue weighted by atomic mass is 35.5. The summed E-state index contributed by atoms with van der Waals surface area (Å²) < 4.78 is 65.5. The Morgan fingerprint density at radius 2 is 1.74 bits per heavy atom. The van der Waals surface area contributed by atoms with Crippen molar-refractivity contribution in [3.63, 3.8) is 0 Å². The summed E-state index contributed by atoms with van der Waals surface area (Å²) in [5.41, 5.74) is 3.85. The molecule has 0 atom stereocenters. The van der Waals surface area contributed by atoms with Gasteiger partial charge in [-0.05, 0) is 31.0 Å². The molecule has 0 aromatic heterocycles. The molecule has 0 aliphatic rings. The minimum Gasteiger partial charge on any atom is -0.324 e. The molecule has 0 aliphatic heterocycles. The van der Waals surface area contributed by atoms with Gasteiger partial charge in [-0.25, -0.2) is 13.1 Å². The van der Waals surface area contributed by atoms with E-state index in [9.17, 15) is 21.6 Å². The van der Waals surface area contributed by atoms with E-state index in [4.69, 9.17) is 17.3 Å². The summed E-state index contributed by atoms with van der Waals surface area (Å²) in [6.45, 7) is 3.41. The van der Waals surface area contributed by atoms with Crippen molar-refractivity contribution in [1.82, 2.24) is 4.72 Å². The summed E-state index contributed by atoms with van der Waals surface area (Å²) >= 11 is 5.53. The summed E-state index contributed by atoms with van der Waals surface area (Å²) in [6, 6.07) is 2.52. The zero-order chi connectivity index (χ0) is 17.2. The van der Waals surface area contributed by atoms with Gasteiger partial charge in [0, 0.05) is 17.1 Å². The summed E-state index contributed by atoms with van der Waals surface area (Å²) in [4.78, 5) is -0.862. The van der Waals surface area contributed by atoms with Gasteiger partial charge in [0.15, 0.2) is 0 Å². The van der Waals surface area contributed by atoms with Gasteiger partial charge in [-0.1, -0.05) is 25.4 Å². The predicted octanol–water partition coefficient (Wildman–Crippen LogP) is 3.58. The second-order valence-electron chi connectivity index (χ2n) is 5.03. The maximum absolute atomic E-state index is 13.0. The Morgan fingerprint density at radius 1 is 1.22 bits per heavy atom. The zero-order valence-corrected chi connectivity index (χ0v) is 15.0. The number of hydrogen-bond acceptors (Lipinski definition) is 3. The normalized spacial score (nSPS) is 12.8. The molecule has 1 aromatic carbocycles. The molecule has 0 spiro atoms. The topological polar surface area (TPSA) is 72.2 Å². The third-order valence-corrected chi connectivity index (χ3v) is 5.25. The Kier molecular flexibility index (Phi) is 7.84. The first-order chi connectivity index (χ1) is 9.95. The minimum atomic E-state index is -4.83. The standard InChI is InChI=1S/C13H18ClF3N2O2S.ClH/c1-3-12(18,4-2)8-19-22(20,21)11-6-5-9(14)7-10(11)13(15,16)17;/h5-7,19H,3-4,8,18H2,1-2H3;1H. The van der Waals surface area contributed by atoms with E-state index in [-0.39, 0.29) is 24.0 Å². The van der Waals surface area contributed by atoms with Crippen LogP contribution in [0, 0.1) is 0 Å². The highest BCUT2D eigenvalue weighted by Crippen LogP contribution is 2.35. The van der Waals surface area contributed by atoms with Gasteiger partial charge in [0.05, 0.1) is 10.5 Å². The first kappa shape index (κ1) is 22.5. The van der Waals surface area contributed by atoms with Crippen LogP contribution in [0.4, 0.5) is 13.2 Å². The van der Waals surface area contributed by atoms with Crippen molar-refractivity contribution in [2.24, 2.45) is 5.73 Å². The molecule has 10 heteroatoms. The van der Waals surface area contributed by atoms with Crippen LogP contribution < -0.4 is 10.5 Å². The molecule has 0 unspecified atom stereocenters. The molecule has 0 fully saturated rings. The van der Waals surface area contributed by atoms with Crippen LogP contribution in [0.5, 0.6) is 0 Å². The fourth-order valence-electron chi connectivity index (χ4n) is 1.77. The van der Waals surface area contributed by atoms with Gasteiger partial charge >= 0.3 is 6.18 Å². The number of alkyl halides is 3. The zero-order valence-electron chi connectivity index (χ0n) is 12.6. The first-order valence-electron chi connectivity index (χ1n) is 6.60. The predicted molar refractivity (Wildman–Crippen MR) is 86.4 cm³/mol. The third kappa shape index (κ3) is 5.79. The van der Waals surface area contributed by atoms with Gasteiger partial charge in [-0.2, -0.15) is 13.2 Å². The van der Waals surface area contributed by atoms with Gasteiger partial charge in [0.1, 0.15) is 0 Å². The van der Waals surface area contributed by atoms with Crippen LogP contribution in [0.3, 0.4) is 0 Å². The van der Waals surface area contributed by atoms with Crippen molar-refractivity contribution in [1.29, 1.82) is 0 Å². The summed E-state index contributed by atoms with van der Waals surface area (Å²) in [6.07, 6.45) is -3.86. The molecule has 23 heavy (non-hydrogen) atoms. The minimum absolute atomic E-state index is 0. The average molecular weight is 395 g/mol. The molecule has 1 aromatic rings. The SMILES string of the molecule is CCC(N)(CC)CNS(=O)(=O)c1ccc(Cl)cc1C(F)(F)F.Cl. The maximum Gasteiger partial charge on any atom is 0.417 e. The maximum atomic E-state index is 13.0. The van der Waals surface area contributed by atoms with E-state index >= 15 is 0 Å². The second-order valence-corrected chi connectivity index (χ2v) is 7.20. The molecule has 4 nitrogen and oxygen atoms in total. The van der Waals surface area contributed by atoms with E-state index in [0.29, 0.717) is 18.9 Å². The Balaban J connectivity index is 0.00000484. The van der Waals surface area contributed by atoms with Crippen LogP contribution in [-0.4, -0.2) is 20.5 Å². The van der Waals surface area contributed by atoms with Crippen LogP contribution in [0.1, 0.15) is 32.3 Å². The van der Waals surface area contributed by atoms with Crippen molar-refractivity contribution in [2.45, 2.75) is 43.3 Å². The molecule has 1 rings (SSSR count). The summed E-state index contributed by atoms with van der Waals surface area (Å²) in [5, 5.41) is -0.193. The number of rotatable bonds is 6. The van der Waals surface area contributed by atoms with Crippen molar-refractivity contribution in [3.8, 4) is 0 Å². The fraction of sp³-hybridized carbons (Fsp3) is 0.538. The van der Waals surface area contributed by atoms with E-state index in [2.05, 4.69) is 4.72 Å². The van der Waals surface area contributed by atoms with E-state index < -0.39 is 32.2 Å². The highest BCUT2D eigenvalue weighted by molar-refractivity contribution is 7.89. The number of halogens is 5. The number of sulfonamides is 1. The Morgan fingerprint density at radius 3 is 2.17 bits per heavy atom. The molecule has 0 saturated heterocycles. The van der Waals surface area contributed by atoms with Crippen LogP contribution in [0.2, 0.25) is 5.02 Å². The molecular formula is C13H19Cl2F3N2O2S. The number of nitrogens with two attached hydrogens (primary N) is 1. The van der Waals surface area contributed by atoms with E-state index in [1.807, 2.05) is 0 Å². The molecule has 0 amide bonds. The average Bonchev–Trinajstić information content (AvgIpc) is 2.43. The molecule has 0 aliphatic carbocycles. The lowest BCUT2D eigenvalue weighted by molar-refractivity contribution is -0.139. The fourth-order valence-corrected chi connectivity index (χ4v) is 3.29. The molecule has 3 N–H and O–H groups in total. The molecule has 0 radical (unpaired) electrons. The number of hydrogen-bond donors (Lipinski definition) is 2. The molecular weight excluding hydrogens is 376 g/mol. The Bertz CT molecular complexity index is 633. The first-order valence-corrected chi connectivity index (χ1v) is 8.46. The second kappa shape index (κ2) is 8.02. The Labute approximate surface area is 145 Å². The molecule has 0 saturated carbocycles. The Hall–Kier alpha value is -0.540. The lowest BCUT2D eigenvalue weighted by Crippen LogP contribution is -2.49. The van der Waals surface area contributed by atoms with Gasteiger partial charge in [0.25, 0.3) is 0 Å². The number of nitrogens with one attached hydrogen (secondary N) is 1.